The average Bonchev–Trinajstić information content (AvgIpc) is 2.19. The van der Waals surface area contributed by atoms with Gasteiger partial charge in [-0.1, -0.05) is 22.9 Å². The van der Waals surface area contributed by atoms with Gasteiger partial charge in [-0.05, 0) is 41.8 Å². The highest BCUT2D eigenvalue weighted by molar-refractivity contribution is 9.10. The summed E-state index contributed by atoms with van der Waals surface area (Å²) in [6, 6.07) is 4.39. The first kappa shape index (κ1) is 11.1. The van der Waals surface area contributed by atoms with Gasteiger partial charge in [0.25, 0.3) is 0 Å². The third-order valence-corrected chi connectivity index (χ3v) is 2.58. The lowest BCUT2D eigenvalue weighted by Gasteiger charge is -2.00. The van der Waals surface area contributed by atoms with Crippen LogP contribution in [-0.2, 0) is 4.79 Å². The Labute approximate surface area is 90.8 Å². The van der Waals surface area contributed by atoms with Gasteiger partial charge < -0.3 is 0 Å². The highest BCUT2D eigenvalue weighted by atomic mass is 79.9. The first-order valence-corrected chi connectivity index (χ1v) is 5.07. The average molecular weight is 257 g/mol. The summed E-state index contributed by atoms with van der Waals surface area (Å²) in [4.78, 5) is 10.6. The van der Waals surface area contributed by atoms with Gasteiger partial charge in [0.1, 0.15) is 12.1 Å². The minimum absolute atomic E-state index is 0.305. The highest BCUT2D eigenvalue weighted by Crippen LogP contribution is 2.20. The molecule has 1 nitrogen and oxygen atoms in total. The Morgan fingerprint density at radius 1 is 1.57 bits per heavy atom. The number of carbonyl (C=O) groups is 1. The zero-order chi connectivity index (χ0) is 10.6. The van der Waals surface area contributed by atoms with E-state index in [0.29, 0.717) is 17.6 Å². The Bertz CT molecular complexity index is 372. The fourth-order valence-electron chi connectivity index (χ4n) is 1.04. The molecular formula is C11H10BrFO. The molecule has 14 heavy (non-hydrogen) atoms. The van der Waals surface area contributed by atoms with Crippen LogP contribution in [0.4, 0.5) is 4.39 Å². The van der Waals surface area contributed by atoms with Crippen molar-refractivity contribution in [1.29, 1.82) is 0 Å². The maximum absolute atomic E-state index is 12.9. The zero-order valence-electron chi connectivity index (χ0n) is 7.76. The van der Waals surface area contributed by atoms with Gasteiger partial charge in [-0.15, -0.1) is 0 Å². The number of carbonyl (C=O) groups excluding carboxylic acids is 1. The van der Waals surface area contributed by atoms with Crippen molar-refractivity contribution in [2.75, 3.05) is 0 Å². The summed E-state index contributed by atoms with van der Waals surface area (Å²) in [6.45, 7) is 1.88. The molecule has 0 N–H and O–H groups in total. The van der Waals surface area contributed by atoms with E-state index in [0.717, 1.165) is 10.8 Å². The molecule has 0 saturated carbocycles. The second kappa shape index (κ2) is 5.05. The molecule has 1 aromatic carbocycles. The molecule has 0 unspecified atom stereocenters. The first-order valence-electron chi connectivity index (χ1n) is 4.28. The van der Waals surface area contributed by atoms with Gasteiger partial charge in [0.2, 0.25) is 0 Å². The van der Waals surface area contributed by atoms with Crippen LogP contribution in [0.2, 0.25) is 0 Å². The number of hydrogen-bond donors (Lipinski definition) is 0. The van der Waals surface area contributed by atoms with Gasteiger partial charge in [0.15, 0.2) is 0 Å². The summed E-state index contributed by atoms with van der Waals surface area (Å²) in [7, 11) is 0. The molecule has 74 valence electrons. The van der Waals surface area contributed by atoms with Gasteiger partial charge in [-0.2, -0.15) is 0 Å². The Morgan fingerprint density at radius 2 is 2.29 bits per heavy atom. The molecule has 1 aromatic rings. The van der Waals surface area contributed by atoms with Gasteiger partial charge in [0.05, 0.1) is 0 Å². The lowest BCUT2D eigenvalue weighted by Crippen LogP contribution is -1.85. The van der Waals surface area contributed by atoms with Crippen molar-refractivity contribution in [3.05, 3.63) is 39.6 Å². The van der Waals surface area contributed by atoms with Gasteiger partial charge in [-0.25, -0.2) is 4.39 Å². The van der Waals surface area contributed by atoms with Gasteiger partial charge in [0, 0.05) is 4.47 Å². The first-order chi connectivity index (χ1) is 6.67. The quantitative estimate of drug-likeness (QED) is 0.597. The zero-order valence-corrected chi connectivity index (χ0v) is 9.34. The van der Waals surface area contributed by atoms with Crippen molar-refractivity contribution in [3.8, 4) is 0 Å². The number of benzene rings is 1. The maximum atomic E-state index is 12.9. The van der Waals surface area contributed by atoms with E-state index in [1.165, 1.54) is 12.1 Å². The normalized spacial score (nSPS) is 11.5. The lowest BCUT2D eigenvalue weighted by atomic mass is 10.1. The summed E-state index contributed by atoms with van der Waals surface area (Å²) >= 11 is 3.29. The van der Waals surface area contributed by atoms with Gasteiger partial charge in [-0.3, -0.25) is 4.79 Å². The Balaban J connectivity index is 3.12. The number of rotatable bonds is 3. The van der Waals surface area contributed by atoms with E-state index in [-0.39, 0.29) is 5.82 Å². The monoisotopic (exact) mass is 256 g/mol. The van der Waals surface area contributed by atoms with Crippen LogP contribution in [-0.4, -0.2) is 6.29 Å². The van der Waals surface area contributed by atoms with Crippen molar-refractivity contribution in [1.82, 2.24) is 0 Å². The number of hydrogen-bond acceptors (Lipinski definition) is 1. The molecule has 0 heterocycles. The van der Waals surface area contributed by atoms with Gasteiger partial charge >= 0.3 is 0 Å². The third-order valence-electron chi connectivity index (χ3n) is 1.86. The van der Waals surface area contributed by atoms with Crippen LogP contribution in [0.15, 0.2) is 28.2 Å². The third kappa shape index (κ3) is 2.77. The Hall–Kier alpha value is -0.960. The van der Waals surface area contributed by atoms with E-state index in [1.54, 1.807) is 12.1 Å². The minimum atomic E-state index is -0.305. The highest BCUT2D eigenvalue weighted by Gasteiger charge is 2.00. The molecular weight excluding hydrogens is 247 g/mol. The molecule has 0 atom stereocenters. The molecule has 0 radical (unpaired) electrons. The van der Waals surface area contributed by atoms with Crippen LogP contribution in [0.5, 0.6) is 0 Å². The van der Waals surface area contributed by atoms with Crippen LogP contribution in [0.25, 0.3) is 6.08 Å². The van der Waals surface area contributed by atoms with Crippen LogP contribution in [0.3, 0.4) is 0 Å². The summed E-state index contributed by atoms with van der Waals surface area (Å²) < 4.78 is 13.7. The molecule has 1 rings (SSSR count). The Kier molecular flexibility index (Phi) is 4.01. The second-order valence-electron chi connectivity index (χ2n) is 2.86. The summed E-state index contributed by atoms with van der Waals surface area (Å²) in [6.07, 6.45) is 3.12. The largest absolute Gasteiger partial charge is 0.298 e. The molecule has 0 amide bonds. The predicted molar refractivity (Wildman–Crippen MR) is 58.4 cm³/mol. The number of allylic oxidation sites excluding steroid dienone is 1. The molecule has 0 aliphatic rings. The van der Waals surface area contributed by atoms with Crippen LogP contribution in [0.1, 0.15) is 18.9 Å². The van der Waals surface area contributed by atoms with Crippen molar-refractivity contribution < 1.29 is 9.18 Å². The fraction of sp³-hybridized carbons (Fsp3) is 0.182. The maximum Gasteiger partial charge on any atom is 0.146 e. The van der Waals surface area contributed by atoms with Crippen LogP contribution < -0.4 is 0 Å². The number of halogens is 2. The van der Waals surface area contributed by atoms with E-state index < -0.39 is 0 Å². The lowest BCUT2D eigenvalue weighted by molar-refractivity contribution is -0.104. The molecule has 0 aliphatic carbocycles. The summed E-state index contributed by atoms with van der Waals surface area (Å²) in [5.41, 5.74) is 1.34. The molecule has 3 heteroatoms. The summed E-state index contributed by atoms with van der Waals surface area (Å²) in [5, 5.41) is 0. The molecule has 0 spiro atoms. The topological polar surface area (TPSA) is 17.1 Å². The molecule has 0 aliphatic heterocycles. The van der Waals surface area contributed by atoms with Crippen LogP contribution in [0, 0.1) is 5.82 Å². The SMILES string of the molecule is CC/C(C=O)=C/c1cc(F)ccc1Br. The van der Waals surface area contributed by atoms with E-state index in [2.05, 4.69) is 15.9 Å². The Morgan fingerprint density at radius 3 is 2.86 bits per heavy atom. The number of aldehydes is 1. The van der Waals surface area contributed by atoms with Crippen LogP contribution >= 0.6 is 15.9 Å². The molecule has 0 saturated heterocycles. The second-order valence-corrected chi connectivity index (χ2v) is 3.71. The van der Waals surface area contributed by atoms with E-state index >= 15 is 0 Å². The minimum Gasteiger partial charge on any atom is -0.298 e. The fourth-order valence-corrected chi connectivity index (χ4v) is 1.41. The molecule has 0 bridgehead atoms. The van der Waals surface area contributed by atoms with E-state index in [4.69, 9.17) is 0 Å². The predicted octanol–water partition coefficient (Wildman–Crippen LogP) is 3.58. The van der Waals surface area contributed by atoms with Crippen molar-refractivity contribution >= 4 is 28.3 Å². The molecule has 0 aromatic heterocycles. The van der Waals surface area contributed by atoms with E-state index in [9.17, 15) is 9.18 Å². The van der Waals surface area contributed by atoms with E-state index in [1.807, 2.05) is 6.92 Å². The summed E-state index contributed by atoms with van der Waals surface area (Å²) in [5.74, 6) is -0.305. The van der Waals surface area contributed by atoms with Crippen molar-refractivity contribution in [2.24, 2.45) is 0 Å². The smallest absolute Gasteiger partial charge is 0.146 e. The van der Waals surface area contributed by atoms with Crippen molar-refractivity contribution in [2.45, 2.75) is 13.3 Å². The standard InChI is InChI=1S/C11H10BrFO/c1-2-8(7-14)5-9-6-10(13)3-4-11(9)12/h3-7H,2H2,1H3/b8-5-. The van der Waals surface area contributed by atoms with Crippen molar-refractivity contribution in [3.63, 3.8) is 0 Å². The molecule has 0 fully saturated rings.